The van der Waals surface area contributed by atoms with Crippen LogP contribution in [-0.2, 0) is 0 Å². The molecule has 0 aliphatic carbocycles. The van der Waals surface area contributed by atoms with Crippen LogP contribution in [0.5, 0.6) is 11.5 Å². The molecule has 0 fully saturated rings. The standard InChI is InChI=1S/C16H15N3O2/c1-20-13-7-3-5-11(9-13)15-17-16(19-18-15)12-6-4-8-14(10-12)21-2/h3-10H,1-2H3,(H,17,18,19). The Morgan fingerprint density at radius 3 is 2.14 bits per heavy atom. The topological polar surface area (TPSA) is 60.0 Å². The monoisotopic (exact) mass is 281 g/mol. The summed E-state index contributed by atoms with van der Waals surface area (Å²) in [7, 11) is 3.28. The summed E-state index contributed by atoms with van der Waals surface area (Å²) >= 11 is 0. The van der Waals surface area contributed by atoms with Gasteiger partial charge in [-0.3, -0.25) is 5.10 Å². The minimum atomic E-state index is 0.631. The average Bonchev–Trinajstić information content (AvgIpc) is 3.05. The van der Waals surface area contributed by atoms with Crippen molar-refractivity contribution >= 4 is 0 Å². The Bertz CT molecular complexity index is 691. The molecule has 0 saturated heterocycles. The molecule has 1 heterocycles. The Balaban J connectivity index is 1.95. The molecule has 0 spiro atoms. The molecule has 5 nitrogen and oxygen atoms in total. The maximum absolute atomic E-state index is 5.22. The van der Waals surface area contributed by atoms with Gasteiger partial charge in [-0.2, -0.15) is 5.10 Å². The zero-order chi connectivity index (χ0) is 14.7. The molecule has 0 aliphatic heterocycles. The maximum Gasteiger partial charge on any atom is 0.181 e. The predicted molar refractivity (Wildman–Crippen MR) is 80.4 cm³/mol. The highest BCUT2D eigenvalue weighted by atomic mass is 16.5. The number of hydrogen-bond acceptors (Lipinski definition) is 4. The third-order valence-corrected chi connectivity index (χ3v) is 3.16. The minimum absolute atomic E-state index is 0.631. The zero-order valence-corrected chi connectivity index (χ0v) is 11.8. The van der Waals surface area contributed by atoms with E-state index < -0.39 is 0 Å². The van der Waals surface area contributed by atoms with Crippen LogP contribution < -0.4 is 9.47 Å². The lowest BCUT2D eigenvalue weighted by molar-refractivity contribution is 0.415. The summed E-state index contributed by atoms with van der Waals surface area (Å²) in [5.74, 6) is 2.89. The second-order valence-corrected chi connectivity index (χ2v) is 4.47. The summed E-state index contributed by atoms with van der Waals surface area (Å²) in [5, 5.41) is 7.21. The quantitative estimate of drug-likeness (QED) is 0.798. The van der Waals surface area contributed by atoms with Gasteiger partial charge in [0.05, 0.1) is 14.2 Å². The number of rotatable bonds is 4. The van der Waals surface area contributed by atoms with Crippen LogP contribution in [0.15, 0.2) is 48.5 Å². The fourth-order valence-electron chi connectivity index (χ4n) is 2.05. The number of nitrogens with one attached hydrogen (secondary N) is 1. The van der Waals surface area contributed by atoms with E-state index in [4.69, 9.17) is 9.47 Å². The molecule has 0 saturated carbocycles. The van der Waals surface area contributed by atoms with Gasteiger partial charge in [-0.1, -0.05) is 24.3 Å². The van der Waals surface area contributed by atoms with Crippen molar-refractivity contribution in [3.8, 4) is 34.3 Å². The number of ether oxygens (including phenoxy) is 2. The number of H-pyrrole nitrogens is 1. The average molecular weight is 281 g/mol. The molecule has 0 unspecified atom stereocenters. The molecular weight excluding hydrogens is 266 g/mol. The Hall–Kier alpha value is -2.82. The van der Waals surface area contributed by atoms with Crippen LogP contribution in [0, 0.1) is 0 Å². The number of hydrogen-bond donors (Lipinski definition) is 1. The Morgan fingerprint density at radius 2 is 1.48 bits per heavy atom. The predicted octanol–water partition coefficient (Wildman–Crippen LogP) is 3.16. The molecule has 1 aromatic heterocycles. The summed E-state index contributed by atoms with van der Waals surface area (Å²) in [6.45, 7) is 0. The van der Waals surface area contributed by atoms with Crippen molar-refractivity contribution in [2.45, 2.75) is 0 Å². The summed E-state index contributed by atoms with van der Waals surface area (Å²) < 4.78 is 10.4. The SMILES string of the molecule is COc1cccc(-c2n[nH]c(-c3cccc(OC)c3)n2)c1. The first-order valence-electron chi connectivity index (χ1n) is 6.51. The Kier molecular flexibility index (Phi) is 3.55. The van der Waals surface area contributed by atoms with Crippen molar-refractivity contribution in [1.29, 1.82) is 0 Å². The fraction of sp³-hybridized carbons (Fsp3) is 0.125. The van der Waals surface area contributed by atoms with Gasteiger partial charge >= 0.3 is 0 Å². The van der Waals surface area contributed by atoms with Gasteiger partial charge in [0.2, 0.25) is 0 Å². The van der Waals surface area contributed by atoms with E-state index in [2.05, 4.69) is 15.2 Å². The number of aromatic amines is 1. The van der Waals surface area contributed by atoms with Crippen LogP contribution in [0.2, 0.25) is 0 Å². The van der Waals surface area contributed by atoms with E-state index in [0.29, 0.717) is 11.6 Å². The molecule has 2 aromatic carbocycles. The van der Waals surface area contributed by atoms with Gasteiger partial charge in [-0.25, -0.2) is 4.98 Å². The minimum Gasteiger partial charge on any atom is -0.497 e. The Morgan fingerprint density at radius 1 is 0.857 bits per heavy atom. The van der Waals surface area contributed by atoms with Gasteiger partial charge in [0.1, 0.15) is 11.5 Å². The van der Waals surface area contributed by atoms with E-state index in [-0.39, 0.29) is 0 Å². The smallest absolute Gasteiger partial charge is 0.181 e. The third-order valence-electron chi connectivity index (χ3n) is 3.16. The summed E-state index contributed by atoms with van der Waals surface area (Å²) in [6.07, 6.45) is 0. The van der Waals surface area contributed by atoms with E-state index >= 15 is 0 Å². The first-order chi connectivity index (χ1) is 10.3. The summed E-state index contributed by atoms with van der Waals surface area (Å²) in [6, 6.07) is 15.3. The van der Waals surface area contributed by atoms with Crippen molar-refractivity contribution in [3.63, 3.8) is 0 Å². The highest BCUT2D eigenvalue weighted by Gasteiger charge is 2.09. The molecule has 0 radical (unpaired) electrons. The summed E-state index contributed by atoms with van der Waals surface area (Å²) in [5.41, 5.74) is 1.83. The lowest BCUT2D eigenvalue weighted by Crippen LogP contribution is -1.86. The molecule has 0 bridgehead atoms. The van der Waals surface area contributed by atoms with Crippen molar-refractivity contribution in [2.75, 3.05) is 14.2 Å². The van der Waals surface area contributed by atoms with E-state index in [9.17, 15) is 0 Å². The first kappa shape index (κ1) is 13.2. The largest absolute Gasteiger partial charge is 0.497 e. The normalized spacial score (nSPS) is 10.4. The molecule has 0 amide bonds. The van der Waals surface area contributed by atoms with Gasteiger partial charge in [0.15, 0.2) is 11.6 Å². The maximum atomic E-state index is 5.22. The number of methoxy groups -OCH3 is 2. The number of nitrogens with zero attached hydrogens (tertiary/aromatic N) is 2. The molecule has 5 heteroatoms. The van der Waals surface area contributed by atoms with Crippen molar-refractivity contribution in [2.24, 2.45) is 0 Å². The van der Waals surface area contributed by atoms with Crippen LogP contribution >= 0.6 is 0 Å². The van der Waals surface area contributed by atoms with E-state index in [1.54, 1.807) is 14.2 Å². The summed E-state index contributed by atoms with van der Waals surface area (Å²) in [4.78, 5) is 4.52. The van der Waals surface area contributed by atoms with Crippen LogP contribution in [0.1, 0.15) is 0 Å². The lowest BCUT2D eigenvalue weighted by atomic mass is 10.2. The molecule has 3 aromatic rings. The third kappa shape index (κ3) is 2.72. The molecule has 106 valence electrons. The first-order valence-corrected chi connectivity index (χ1v) is 6.51. The zero-order valence-electron chi connectivity index (χ0n) is 11.8. The second kappa shape index (κ2) is 5.66. The van der Waals surface area contributed by atoms with E-state index in [0.717, 1.165) is 22.6 Å². The number of benzene rings is 2. The molecule has 0 atom stereocenters. The number of aromatic nitrogens is 3. The highest BCUT2D eigenvalue weighted by molar-refractivity contribution is 5.63. The van der Waals surface area contributed by atoms with Crippen LogP contribution in [0.3, 0.4) is 0 Å². The van der Waals surface area contributed by atoms with Gasteiger partial charge in [-0.15, -0.1) is 0 Å². The van der Waals surface area contributed by atoms with Crippen molar-refractivity contribution in [3.05, 3.63) is 48.5 Å². The lowest BCUT2D eigenvalue weighted by Gasteiger charge is -2.01. The van der Waals surface area contributed by atoms with Crippen LogP contribution in [0.25, 0.3) is 22.8 Å². The molecule has 0 aliphatic rings. The van der Waals surface area contributed by atoms with E-state index in [1.807, 2.05) is 48.5 Å². The van der Waals surface area contributed by atoms with E-state index in [1.165, 1.54) is 0 Å². The van der Waals surface area contributed by atoms with Crippen molar-refractivity contribution in [1.82, 2.24) is 15.2 Å². The van der Waals surface area contributed by atoms with Crippen LogP contribution in [-0.4, -0.2) is 29.4 Å². The fourth-order valence-corrected chi connectivity index (χ4v) is 2.05. The second-order valence-electron chi connectivity index (χ2n) is 4.47. The van der Waals surface area contributed by atoms with Gasteiger partial charge in [-0.05, 0) is 24.3 Å². The molecule has 1 N–H and O–H groups in total. The molecule has 21 heavy (non-hydrogen) atoms. The van der Waals surface area contributed by atoms with Gasteiger partial charge in [0.25, 0.3) is 0 Å². The molecule has 3 rings (SSSR count). The van der Waals surface area contributed by atoms with Crippen LogP contribution in [0.4, 0.5) is 0 Å². The van der Waals surface area contributed by atoms with Crippen molar-refractivity contribution < 1.29 is 9.47 Å². The highest BCUT2D eigenvalue weighted by Crippen LogP contribution is 2.25. The molecular formula is C16H15N3O2. The van der Waals surface area contributed by atoms with Gasteiger partial charge in [0, 0.05) is 11.1 Å². The Labute approximate surface area is 122 Å². The van der Waals surface area contributed by atoms with Gasteiger partial charge < -0.3 is 9.47 Å².